The Morgan fingerprint density at radius 3 is 3.00 bits per heavy atom. The van der Waals surface area contributed by atoms with E-state index in [1.54, 1.807) is 6.07 Å². The molecule has 74 valence electrons. The predicted octanol–water partition coefficient (Wildman–Crippen LogP) is 2.28. The molecule has 1 unspecified atom stereocenters. The molecule has 1 aliphatic heterocycles. The zero-order chi connectivity index (χ0) is 9.97. The number of carbonyl (C=O) groups excluding carboxylic acids is 1. The van der Waals surface area contributed by atoms with E-state index in [4.69, 9.17) is 9.47 Å². The lowest BCUT2D eigenvalue weighted by Crippen LogP contribution is -2.04. The highest BCUT2D eigenvalue weighted by atomic mass is 16.7. The van der Waals surface area contributed by atoms with Crippen molar-refractivity contribution in [2.24, 2.45) is 0 Å². The van der Waals surface area contributed by atoms with E-state index in [-0.39, 0.29) is 5.97 Å². The molecule has 1 atom stereocenters. The van der Waals surface area contributed by atoms with Crippen LogP contribution in [0.2, 0.25) is 0 Å². The summed E-state index contributed by atoms with van der Waals surface area (Å²) in [6, 6.07) is 7.32. The number of hydrogen-bond acceptors (Lipinski definition) is 3. The van der Waals surface area contributed by atoms with E-state index in [2.05, 4.69) is 0 Å². The average molecular weight is 192 g/mol. The Morgan fingerprint density at radius 1 is 1.43 bits per heavy atom. The van der Waals surface area contributed by atoms with E-state index in [1.807, 2.05) is 25.1 Å². The van der Waals surface area contributed by atoms with Gasteiger partial charge in [-0.1, -0.05) is 25.1 Å². The minimum Gasteiger partial charge on any atom is -0.428 e. The van der Waals surface area contributed by atoms with Gasteiger partial charge in [-0.15, -0.1) is 0 Å². The van der Waals surface area contributed by atoms with Gasteiger partial charge in [0.1, 0.15) is 0 Å². The van der Waals surface area contributed by atoms with Crippen LogP contribution in [0.4, 0.5) is 0 Å². The van der Waals surface area contributed by atoms with E-state index < -0.39 is 6.29 Å². The lowest BCUT2D eigenvalue weighted by atomic mass is 10.1. The number of carbonyl (C=O) groups is 1. The molecule has 0 spiro atoms. The summed E-state index contributed by atoms with van der Waals surface area (Å²) in [4.78, 5) is 11.3. The summed E-state index contributed by atoms with van der Waals surface area (Å²) >= 11 is 0. The fourth-order valence-electron chi connectivity index (χ4n) is 1.46. The van der Waals surface area contributed by atoms with Gasteiger partial charge in [0.2, 0.25) is 6.29 Å². The van der Waals surface area contributed by atoms with Crippen LogP contribution in [0, 0.1) is 0 Å². The molecule has 0 aromatic heterocycles. The number of fused-ring (bicyclic) bond motifs is 1. The third-order valence-corrected chi connectivity index (χ3v) is 2.12. The van der Waals surface area contributed by atoms with Gasteiger partial charge >= 0.3 is 5.97 Å². The van der Waals surface area contributed by atoms with Gasteiger partial charge in [0, 0.05) is 5.56 Å². The molecule has 0 bridgehead atoms. The van der Waals surface area contributed by atoms with Crippen molar-refractivity contribution < 1.29 is 14.3 Å². The van der Waals surface area contributed by atoms with Gasteiger partial charge in [0.15, 0.2) is 0 Å². The molecule has 0 amide bonds. The topological polar surface area (TPSA) is 35.5 Å². The van der Waals surface area contributed by atoms with E-state index in [9.17, 15) is 4.79 Å². The quantitative estimate of drug-likeness (QED) is 0.689. The Labute approximate surface area is 82.6 Å². The molecule has 14 heavy (non-hydrogen) atoms. The first kappa shape index (κ1) is 9.21. The van der Waals surface area contributed by atoms with Crippen molar-refractivity contribution in [1.29, 1.82) is 0 Å². The van der Waals surface area contributed by atoms with E-state index in [0.29, 0.717) is 12.2 Å². The van der Waals surface area contributed by atoms with E-state index >= 15 is 0 Å². The van der Waals surface area contributed by atoms with Crippen LogP contribution in [0.3, 0.4) is 0 Å². The first-order valence-corrected chi connectivity index (χ1v) is 4.74. The minimum atomic E-state index is -0.501. The van der Waals surface area contributed by atoms with Crippen molar-refractivity contribution in [1.82, 2.24) is 0 Å². The van der Waals surface area contributed by atoms with Gasteiger partial charge in [0.05, 0.1) is 12.2 Å². The number of ether oxygens (including phenoxy) is 2. The van der Waals surface area contributed by atoms with Crippen LogP contribution in [0.25, 0.3) is 0 Å². The Morgan fingerprint density at radius 2 is 2.21 bits per heavy atom. The van der Waals surface area contributed by atoms with Crippen LogP contribution in [0.1, 0.15) is 35.6 Å². The van der Waals surface area contributed by atoms with Crippen molar-refractivity contribution in [3.63, 3.8) is 0 Å². The molecule has 1 aromatic rings. The van der Waals surface area contributed by atoms with E-state index in [0.717, 1.165) is 12.0 Å². The van der Waals surface area contributed by atoms with Crippen LogP contribution in [0.5, 0.6) is 0 Å². The Kier molecular flexibility index (Phi) is 2.50. The number of cyclic esters (lactones) is 1. The Balaban J connectivity index is 2.21. The van der Waals surface area contributed by atoms with Crippen molar-refractivity contribution in [2.75, 3.05) is 6.61 Å². The van der Waals surface area contributed by atoms with Crippen LogP contribution >= 0.6 is 0 Å². The van der Waals surface area contributed by atoms with Gasteiger partial charge in [0.25, 0.3) is 0 Å². The highest BCUT2D eigenvalue weighted by molar-refractivity contribution is 5.93. The second-order valence-corrected chi connectivity index (χ2v) is 3.20. The smallest absolute Gasteiger partial charge is 0.341 e. The fraction of sp³-hybridized carbons (Fsp3) is 0.364. The van der Waals surface area contributed by atoms with Gasteiger partial charge in [-0.05, 0) is 12.5 Å². The average Bonchev–Trinajstić information content (AvgIpc) is 2.54. The van der Waals surface area contributed by atoms with Crippen LogP contribution in [-0.4, -0.2) is 12.6 Å². The zero-order valence-corrected chi connectivity index (χ0v) is 8.03. The molecule has 0 radical (unpaired) electrons. The summed E-state index contributed by atoms with van der Waals surface area (Å²) in [5, 5.41) is 0. The van der Waals surface area contributed by atoms with Gasteiger partial charge in [-0.25, -0.2) is 4.79 Å². The maximum absolute atomic E-state index is 11.3. The first-order chi connectivity index (χ1) is 6.83. The third kappa shape index (κ3) is 1.51. The van der Waals surface area contributed by atoms with Crippen molar-refractivity contribution >= 4 is 5.97 Å². The highest BCUT2D eigenvalue weighted by Crippen LogP contribution is 2.30. The number of esters is 1. The van der Waals surface area contributed by atoms with Gasteiger partial charge in [-0.2, -0.15) is 0 Å². The molecule has 0 saturated carbocycles. The normalized spacial score (nSPS) is 19.2. The van der Waals surface area contributed by atoms with Gasteiger partial charge < -0.3 is 9.47 Å². The van der Waals surface area contributed by atoms with Crippen molar-refractivity contribution in [3.8, 4) is 0 Å². The SMILES string of the molecule is CCCOC1OC(=O)c2ccccc21. The van der Waals surface area contributed by atoms with E-state index in [1.165, 1.54) is 0 Å². The standard InChI is InChI=1S/C11H12O3/c1-2-7-13-11-9-6-4-3-5-8(9)10(12)14-11/h3-6,11H,2,7H2,1H3. The molecule has 2 rings (SSSR count). The molecule has 3 heteroatoms. The predicted molar refractivity (Wildman–Crippen MR) is 50.8 cm³/mol. The maximum atomic E-state index is 11.3. The Bertz CT molecular complexity index is 346. The summed E-state index contributed by atoms with van der Waals surface area (Å²) in [5.74, 6) is -0.290. The monoisotopic (exact) mass is 192 g/mol. The largest absolute Gasteiger partial charge is 0.428 e. The number of rotatable bonds is 3. The third-order valence-electron chi connectivity index (χ3n) is 2.12. The molecule has 1 aliphatic rings. The van der Waals surface area contributed by atoms with Crippen molar-refractivity contribution in [2.45, 2.75) is 19.6 Å². The van der Waals surface area contributed by atoms with Crippen LogP contribution < -0.4 is 0 Å². The maximum Gasteiger partial charge on any atom is 0.341 e. The molecule has 0 N–H and O–H groups in total. The van der Waals surface area contributed by atoms with Gasteiger partial charge in [-0.3, -0.25) is 0 Å². The van der Waals surface area contributed by atoms with Crippen molar-refractivity contribution in [3.05, 3.63) is 35.4 Å². The summed E-state index contributed by atoms with van der Waals surface area (Å²) in [7, 11) is 0. The second-order valence-electron chi connectivity index (χ2n) is 3.20. The Hall–Kier alpha value is -1.35. The summed E-state index contributed by atoms with van der Waals surface area (Å²) in [6.07, 6.45) is 0.412. The summed E-state index contributed by atoms with van der Waals surface area (Å²) < 4.78 is 10.5. The first-order valence-electron chi connectivity index (χ1n) is 4.74. The second kappa shape index (κ2) is 3.80. The highest BCUT2D eigenvalue weighted by Gasteiger charge is 2.30. The molecule has 1 heterocycles. The minimum absolute atomic E-state index is 0.290. The van der Waals surface area contributed by atoms with Crippen LogP contribution in [-0.2, 0) is 9.47 Å². The number of benzene rings is 1. The summed E-state index contributed by atoms with van der Waals surface area (Å²) in [6.45, 7) is 2.62. The summed E-state index contributed by atoms with van der Waals surface area (Å²) in [5.41, 5.74) is 1.46. The molecular formula is C11H12O3. The number of hydrogen-bond donors (Lipinski definition) is 0. The molecule has 3 nitrogen and oxygen atoms in total. The molecule has 0 aliphatic carbocycles. The molecule has 0 fully saturated rings. The lowest BCUT2D eigenvalue weighted by molar-refractivity contribution is -0.103. The molecular weight excluding hydrogens is 180 g/mol. The molecule has 1 aromatic carbocycles. The zero-order valence-electron chi connectivity index (χ0n) is 8.03. The lowest BCUT2D eigenvalue weighted by Gasteiger charge is -2.10. The molecule has 0 saturated heterocycles. The fourth-order valence-corrected chi connectivity index (χ4v) is 1.46. The van der Waals surface area contributed by atoms with Crippen LogP contribution in [0.15, 0.2) is 24.3 Å².